The Morgan fingerprint density at radius 1 is 0.981 bits per heavy atom. The summed E-state index contributed by atoms with van der Waals surface area (Å²) in [6, 6.07) is 30.7. The van der Waals surface area contributed by atoms with Crippen molar-refractivity contribution in [3.8, 4) is 0 Å². The first-order chi connectivity index (χ1) is 26.0. The van der Waals surface area contributed by atoms with Gasteiger partial charge >= 0.3 is 0 Å². The molecule has 1 saturated heterocycles. The zero-order valence-electron chi connectivity index (χ0n) is 30.5. The number of ether oxygens (including phenoxy) is 1. The lowest BCUT2D eigenvalue weighted by Crippen LogP contribution is -2.45. The first kappa shape index (κ1) is 36.3. The van der Waals surface area contributed by atoms with E-state index in [0.29, 0.717) is 47.8 Å². The second kappa shape index (κ2) is 14.2. The van der Waals surface area contributed by atoms with Crippen molar-refractivity contribution in [1.29, 1.82) is 0 Å². The van der Waals surface area contributed by atoms with Gasteiger partial charge in [0.1, 0.15) is 0 Å². The van der Waals surface area contributed by atoms with Crippen LogP contribution in [-0.4, -0.2) is 53.0 Å². The van der Waals surface area contributed by atoms with Gasteiger partial charge in [-0.05, 0) is 79.0 Å². The number of fused-ring (bicyclic) bond motifs is 3. The Hall–Kier alpha value is -4.68. The molecule has 3 aliphatic heterocycles. The van der Waals surface area contributed by atoms with Crippen LogP contribution in [0.2, 0.25) is 23.7 Å². The summed E-state index contributed by atoms with van der Waals surface area (Å²) >= 11 is 6.61. The number of hydrogen-bond acceptors (Lipinski definition) is 6. The molecule has 1 N–H and O–H groups in total. The van der Waals surface area contributed by atoms with Gasteiger partial charge in [0.15, 0.2) is 5.60 Å². The van der Waals surface area contributed by atoms with Crippen molar-refractivity contribution in [2.45, 2.75) is 75.5 Å². The number of aryl methyl sites for hydroxylation is 2. The van der Waals surface area contributed by atoms with E-state index in [2.05, 4.69) is 16.4 Å². The van der Waals surface area contributed by atoms with Crippen LogP contribution in [0, 0.1) is 5.92 Å². The predicted octanol–water partition coefficient (Wildman–Crippen LogP) is 8.08. The van der Waals surface area contributed by atoms with Crippen LogP contribution in [0.1, 0.15) is 53.6 Å². The third kappa shape index (κ3) is 6.26. The highest BCUT2D eigenvalue weighted by atomic mass is 35.5. The predicted molar refractivity (Wildman–Crippen MR) is 209 cm³/mol. The van der Waals surface area contributed by atoms with Crippen molar-refractivity contribution in [3.63, 3.8) is 0 Å². The summed E-state index contributed by atoms with van der Waals surface area (Å²) in [7, 11) is -3.41. The van der Waals surface area contributed by atoms with Crippen molar-refractivity contribution in [2.75, 3.05) is 16.4 Å². The van der Waals surface area contributed by atoms with Gasteiger partial charge in [0, 0.05) is 46.9 Å². The van der Waals surface area contributed by atoms with Crippen molar-refractivity contribution >= 4 is 48.9 Å². The van der Waals surface area contributed by atoms with Crippen molar-refractivity contribution < 1.29 is 23.5 Å². The zero-order valence-corrected chi connectivity index (χ0v) is 32.3. The fourth-order valence-electron chi connectivity index (χ4n) is 9.03. The molecular formula is C42H43ClFN5O4Si. The molecular weight excluding hydrogens is 721 g/mol. The molecule has 0 radical (unpaired) electrons. The monoisotopic (exact) mass is 763 g/mol. The maximum absolute atomic E-state index is 16.5. The number of aromatic nitrogens is 3. The van der Waals surface area contributed by atoms with Crippen molar-refractivity contribution in [3.05, 3.63) is 136 Å². The maximum Gasteiger partial charge on any atom is 0.264 e. The van der Waals surface area contributed by atoms with Crippen LogP contribution < -0.4 is 9.80 Å². The van der Waals surface area contributed by atoms with Crippen LogP contribution in [-0.2, 0) is 39.4 Å². The minimum atomic E-state index is -3.41. The molecule has 54 heavy (non-hydrogen) atoms. The largest absolute Gasteiger partial charge is 0.395 e. The normalized spacial score (nSPS) is 22.9. The third-order valence-corrected chi connectivity index (χ3v) is 14.2. The fourth-order valence-corrected chi connectivity index (χ4v) is 11.7. The molecule has 1 aromatic heterocycles. The first-order valence-corrected chi connectivity index (χ1v) is 21.9. The molecule has 4 aromatic carbocycles. The number of carbonyl (C=O) groups is 2. The van der Waals surface area contributed by atoms with Crippen LogP contribution in [0.4, 0.5) is 21.2 Å². The van der Waals surface area contributed by atoms with E-state index in [1.807, 2.05) is 92.0 Å². The van der Waals surface area contributed by atoms with Crippen LogP contribution in [0.15, 0.2) is 103 Å². The summed E-state index contributed by atoms with van der Waals surface area (Å²) in [5, 5.41) is 19.4. The lowest BCUT2D eigenvalue weighted by Gasteiger charge is -2.31. The van der Waals surface area contributed by atoms with E-state index in [9.17, 15) is 14.7 Å². The molecule has 0 aliphatic carbocycles. The Morgan fingerprint density at radius 2 is 1.76 bits per heavy atom. The molecule has 0 saturated carbocycles. The first-order valence-electron chi connectivity index (χ1n) is 18.5. The van der Waals surface area contributed by atoms with E-state index in [0.717, 1.165) is 28.1 Å². The van der Waals surface area contributed by atoms with Crippen LogP contribution >= 0.6 is 11.6 Å². The molecule has 4 heterocycles. The highest BCUT2D eigenvalue weighted by Crippen LogP contribution is 2.60. The molecule has 9 nitrogen and oxygen atoms in total. The Bertz CT molecular complexity index is 2210. The molecule has 8 rings (SSSR count). The molecule has 0 bridgehead atoms. The SMILES string of the molecule is C[C@H]1[C@H]([Si](C)(C)F)[C@@H](CCn2cc(C(CO)c3ccccc3)nn2)O[C@]12C(=O)N(Cc1cccc(N3C(=O)CCc4ccccc43)c1)c1ccc(Cl)cc12. The summed E-state index contributed by atoms with van der Waals surface area (Å²) in [4.78, 5) is 31.7. The quantitative estimate of drug-likeness (QED) is 0.114. The fraction of sp³-hybridized carbons (Fsp3) is 0.333. The average molecular weight is 764 g/mol. The molecule has 5 aromatic rings. The Kier molecular flexibility index (Phi) is 9.54. The molecule has 278 valence electrons. The summed E-state index contributed by atoms with van der Waals surface area (Å²) in [6.07, 6.45) is 2.77. The van der Waals surface area contributed by atoms with E-state index in [1.165, 1.54) is 0 Å². The summed E-state index contributed by atoms with van der Waals surface area (Å²) in [5.74, 6) is -1.03. The second-order valence-corrected chi connectivity index (χ2v) is 19.4. The number of anilines is 3. The van der Waals surface area contributed by atoms with Crippen molar-refractivity contribution in [1.82, 2.24) is 15.0 Å². The Balaban J connectivity index is 1.08. The molecule has 1 spiro atoms. The summed E-state index contributed by atoms with van der Waals surface area (Å²) < 4.78 is 25.2. The van der Waals surface area contributed by atoms with Crippen LogP contribution in [0.3, 0.4) is 0 Å². The zero-order chi connectivity index (χ0) is 37.8. The van der Waals surface area contributed by atoms with Gasteiger partial charge in [-0.15, -0.1) is 5.10 Å². The highest BCUT2D eigenvalue weighted by molar-refractivity contribution is 6.72. The minimum Gasteiger partial charge on any atom is -0.395 e. The second-order valence-electron chi connectivity index (χ2n) is 15.2. The molecule has 1 unspecified atom stereocenters. The number of aliphatic hydroxyl groups is 1. The average Bonchev–Trinajstić information content (AvgIpc) is 3.81. The van der Waals surface area contributed by atoms with E-state index >= 15 is 4.11 Å². The molecule has 1 fully saturated rings. The van der Waals surface area contributed by atoms with Crippen LogP contribution in [0.25, 0.3) is 0 Å². The van der Waals surface area contributed by atoms with Gasteiger partial charge in [0.2, 0.25) is 14.3 Å². The van der Waals surface area contributed by atoms with E-state index in [4.69, 9.17) is 16.3 Å². The smallest absolute Gasteiger partial charge is 0.264 e. The van der Waals surface area contributed by atoms with Gasteiger partial charge in [0.05, 0.1) is 42.2 Å². The van der Waals surface area contributed by atoms with Gasteiger partial charge in [0.25, 0.3) is 5.91 Å². The molecule has 12 heteroatoms. The number of hydrogen-bond donors (Lipinski definition) is 1. The highest BCUT2D eigenvalue weighted by Gasteiger charge is 2.66. The molecule has 2 amide bonds. The van der Waals surface area contributed by atoms with Crippen LogP contribution in [0.5, 0.6) is 0 Å². The number of rotatable bonds is 10. The number of carbonyl (C=O) groups excluding carboxylic acids is 2. The lowest BCUT2D eigenvalue weighted by molar-refractivity contribution is -0.146. The lowest BCUT2D eigenvalue weighted by atomic mass is 9.82. The van der Waals surface area contributed by atoms with Gasteiger partial charge < -0.3 is 18.9 Å². The topological polar surface area (TPSA) is 101 Å². The standard InChI is InChI=1S/C42H43ClFN5O4Si/c1-27-40(54(2,3)44)38(20-21-47-25-35(45-46-47)33(26-50)29-11-5-4-6-12-29)53-42(27)34-23-31(43)17-18-37(34)48(41(42)52)24-28-10-9-14-32(22-28)49-36-15-8-7-13-30(36)16-19-39(49)51/h4-15,17-18,22-23,25,27,33,38,40,50H,16,19-21,24,26H2,1-3H3/t27-,33?,38+,40-,42+/m0/s1. The van der Waals surface area contributed by atoms with Gasteiger partial charge in [-0.1, -0.05) is 84.4 Å². The van der Waals surface area contributed by atoms with Gasteiger partial charge in [-0.25, -0.2) is 0 Å². The number of benzene rings is 4. The Labute approximate surface area is 320 Å². The number of aliphatic hydroxyl groups excluding tert-OH is 1. The number of halogens is 2. The van der Waals surface area contributed by atoms with Gasteiger partial charge in [-0.2, -0.15) is 0 Å². The maximum atomic E-state index is 16.5. The summed E-state index contributed by atoms with van der Waals surface area (Å²) in [6.45, 7) is 5.80. The van der Waals surface area contributed by atoms with Crippen molar-refractivity contribution in [2.24, 2.45) is 5.92 Å². The molecule has 5 atom stereocenters. The van der Waals surface area contributed by atoms with Gasteiger partial charge in [-0.3, -0.25) is 19.2 Å². The number of para-hydroxylation sites is 1. The Morgan fingerprint density at radius 3 is 2.54 bits per heavy atom. The summed E-state index contributed by atoms with van der Waals surface area (Å²) in [5.41, 5.74) is 4.53. The number of nitrogens with zero attached hydrogens (tertiary/aromatic N) is 5. The third-order valence-electron chi connectivity index (χ3n) is 11.5. The van der Waals surface area contributed by atoms with E-state index in [-0.39, 0.29) is 30.9 Å². The molecule has 3 aliphatic rings. The minimum absolute atomic E-state index is 0.0248. The van der Waals surface area contributed by atoms with E-state index in [1.54, 1.807) is 39.7 Å². The number of amides is 2. The van der Waals surface area contributed by atoms with E-state index < -0.39 is 31.6 Å².